The van der Waals surface area contributed by atoms with Gasteiger partial charge in [-0.2, -0.15) is 4.98 Å². The monoisotopic (exact) mass is 399 g/mol. The summed E-state index contributed by atoms with van der Waals surface area (Å²) < 4.78 is 16.7. The highest BCUT2D eigenvalue weighted by molar-refractivity contribution is 6.30. The fraction of sp³-hybridized carbons (Fsp3) is 0.158. The lowest BCUT2D eigenvalue weighted by atomic mass is 10.2. The van der Waals surface area contributed by atoms with Crippen molar-refractivity contribution in [1.82, 2.24) is 14.7 Å². The molecular formula is C19H14ClN3O5. The maximum Gasteiger partial charge on any atom is 0.419 e. The number of ether oxygens (including phenoxy) is 1. The molecule has 0 aliphatic heterocycles. The maximum atomic E-state index is 12.0. The van der Waals surface area contributed by atoms with Gasteiger partial charge in [0.05, 0.1) is 11.9 Å². The summed E-state index contributed by atoms with van der Waals surface area (Å²) in [5.41, 5.74) is 1.84. The van der Waals surface area contributed by atoms with Crippen molar-refractivity contribution in [2.24, 2.45) is 0 Å². The lowest BCUT2D eigenvalue weighted by molar-refractivity contribution is -0.146. The van der Waals surface area contributed by atoms with Crippen LogP contribution < -0.4 is 5.76 Å². The second-order valence-electron chi connectivity index (χ2n) is 5.92. The second-order valence-corrected chi connectivity index (χ2v) is 6.35. The number of nitrogens with zero attached hydrogens (tertiary/aromatic N) is 3. The zero-order valence-electron chi connectivity index (χ0n) is 14.5. The number of benzene rings is 2. The van der Waals surface area contributed by atoms with Crippen LogP contribution in [0, 0.1) is 0 Å². The topological polar surface area (TPSA) is 100 Å². The molecule has 4 aromatic rings. The van der Waals surface area contributed by atoms with Crippen molar-refractivity contribution in [1.29, 1.82) is 0 Å². The number of fused-ring (bicyclic) bond motifs is 1. The minimum absolute atomic E-state index is 0.00160. The van der Waals surface area contributed by atoms with Gasteiger partial charge in [0, 0.05) is 17.1 Å². The molecule has 2 heterocycles. The SMILES string of the molecule is O=C(CCn1c(=O)oc2ccccc21)OCc1nc(-c2ccc(Cl)cc2)no1. The molecule has 0 saturated heterocycles. The molecule has 0 saturated carbocycles. The van der Waals surface area contributed by atoms with Crippen LogP contribution in [0.1, 0.15) is 12.3 Å². The molecule has 142 valence electrons. The first kappa shape index (κ1) is 18.0. The van der Waals surface area contributed by atoms with Gasteiger partial charge in [-0.15, -0.1) is 0 Å². The third-order valence-electron chi connectivity index (χ3n) is 4.04. The molecule has 0 unspecified atom stereocenters. The van der Waals surface area contributed by atoms with Gasteiger partial charge >= 0.3 is 11.7 Å². The molecule has 0 radical (unpaired) electrons. The van der Waals surface area contributed by atoms with Gasteiger partial charge in [0.25, 0.3) is 5.89 Å². The first-order valence-electron chi connectivity index (χ1n) is 8.43. The molecule has 0 bridgehead atoms. The number of oxazole rings is 1. The number of esters is 1. The summed E-state index contributed by atoms with van der Waals surface area (Å²) in [7, 11) is 0. The normalized spacial score (nSPS) is 11.0. The largest absolute Gasteiger partial charge is 0.456 e. The van der Waals surface area contributed by atoms with Crippen LogP contribution in [0.25, 0.3) is 22.5 Å². The van der Waals surface area contributed by atoms with Gasteiger partial charge < -0.3 is 13.7 Å². The standard InChI is InChI=1S/C19H14ClN3O5/c20-13-7-5-12(6-8-13)18-21-16(28-22-18)11-26-17(24)9-10-23-14-3-1-2-4-15(14)27-19(23)25/h1-8H,9-11H2. The van der Waals surface area contributed by atoms with E-state index in [4.69, 9.17) is 25.3 Å². The Morgan fingerprint density at radius 2 is 1.93 bits per heavy atom. The van der Waals surface area contributed by atoms with Crippen LogP contribution in [-0.4, -0.2) is 20.7 Å². The van der Waals surface area contributed by atoms with Crippen LogP contribution in [0.4, 0.5) is 0 Å². The Morgan fingerprint density at radius 1 is 1.14 bits per heavy atom. The van der Waals surface area contributed by atoms with Crippen molar-refractivity contribution in [2.45, 2.75) is 19.6 Å². The zero-order chi connectivity index (χ0) is 19.5. The van der Waals surface area contributed by atoms with Crippen LogP contribution in [0.15, 0.2) is 62.3 Å². The molecule has 0 aliphatic rings. The molecule has 0 spiro atoms. The predicted molar refractivity (Wildman–Crippen MR) is 99.6 cm³/mol. The molecule has 0 N–H and O–H groups in total. The van der Waals surface area contributed by atoms with Crippen molar-refractivity contribution in [3.05, 3.63) is 70.0 Å². The van der Waals surface area contributed by atoms with Crippen molar-refractivity contribution in [2.75, 3.05) is 0 Å². The molecule has 2 aromatic heterocycles. The summed E-state index contributed by atoms with van der Waals surface area (Å²) >= 11 is 5.85. The number of aromatic nitrogens is 3. The van der Waals surface area contributed by atoms with Gasteiger partial charge in [-0.05, 0) is 36.4 Å². The summed E-state index contributed by atoms with van der Waals surface area (Å²) in [5, 5.41) is 4.45. The molecule has 4 rings (SSSR count). The molecule has 0 atom stereocenters. The highest BCUT2D eigenvalue weighted by Crippen LogP contribution is 2.19. The van der Waals surface area contributed by atoms with Gasteiger partial charge in [0.15, 0.2) is 12.2 Å². The van der Waals surface area contributed by atoms with E-state index in [9.17, 15) is 9.59 Å². The van der Waals surface area contributed by atoms with E-state index in [0.717, 1.165) is 5.56 Å². The number of carbonyl (C=O) groups excluding carboxylic acids is 1. The highest BCUT2D eigenvalue weighted by Gasteiger charge is 2.13. The summed E-state index contributed by atoms with van der Waals surface area (Å²) in [4.78, 5) is 28.1. The highest BCUT2D eigenvalue weighted by atomic mass is 35.5. The Kier molecular flexibility index (Phi) is 4.94. The average Bonchev–Trinajstić information content (AvgIpc) is 3.29. The molecule has 2 aromatic carbocycles. The predicted octanol–water partition coefficient (Wildman–Crippen LogP) is 3.43. The molecule has 0 fully saturated rings. The first-order valence-corrected chi connectivity index (χ1v) is 8.80. The number of para-hydroxylation sites is 2. The Morgan fingerprint density at radius 3 is 2.75 bits per heavy atom. The third-order valence-corrected chi connectivity index (χ3v) is 4.29. The summed E-state index contributed by atoms with van der Waals surface area (Å²) in [5.74, 6) is -0.467. The van der Waals surface area contributed by atoms with Crippen molar-refractivity contribution < 1.29 is 18.5 Å². The quantitative estimate of drug-likeness (QED) is 0.458. The van der Waals surface area contributed by atoms with Crippen LogP contribution in [0.3, 0.4) is 0 Å². The molecule has 8 nitrogen and oxygen atoms in total. The smallest absolute Gasteiger partial charge is 0.419 e. The van der Waals surface area contributed by atoms with E-state index in [0.29, 0.717) is 21.9 Å². The van der Waals surface area contributed by atoms with Crippen LogP contribution >= 0.6 is 11.6 Å². The van der Waals surface area contributed by atoms with E-state index in [1.807, 2.05) is 0 Å². The van der Waals surface area contributed by atoms with Crippen LogP contribution in [0.2, 0.25) is 5.02 Å². The molecule has 0 amide bonds. The summed E-state index contributed by atoms with van der Waals surface area (Å²) in [6.45, 7) is -0.00497. The van der Waals surface area contributed by atoms with Crippen molar-refractivity contribution >= 4 is 28.7 Å². The lowest BCUT2D eigenvalue weighted by Crippen LogP contribution is -2.17. The van der Waals surface area contributed by atoms with Gasteiger partial charge in [-0.25, -0.2) is 4.79 Å². The zero-order valence-corrected chi connectivity index (χ0v) is 15.3. The van der Waals surface area contributed by atoms with Gasteiger partial charge in [0.2, 0.25) is 5.82 Å². The molecular weight excluding hydrogens is 386 g/mol. The van der Waals surface area contributed by atoms with Gasteiger partial charge in [-0.3, -0.25) is 9.36 Å². The lowest BCUT2D eigenvalue weighted by Gasteiger charge is -2.03. The maximum absolute atomic E-state index is 12.0. The number of aryl methyl sites for hydroxylation is 1. The average molecular weight is 400 g/mol. The fourth-order valence-electron chi connectivity index (χ4n) is 2.67. The Balaban J connectivity index is 1.34. The minimum atomic E-state index is -0.515. The molecule has 0 aliphatic carbocycles. The van der Waals surface area contributed by atoms with Crippen LogP contribution in [0.5, 0.6) is 0 Å². The second kappa shape index (κ2) is 7.69. The van der Waals surface area contributed by atoms with Crippen molar-refractivity contribution in [3.63, 3.8) is 0 Å². The van der Waals surface area contributed by atoms with E-state index < -0.39 is 11.7 Å². The van der Waals surface area contributed by atoms with Crippen molar-refractivity contribution in [3.8, 4) is 11.4 Å². The number of halogens is 1. The summed E-state index contributed by atoms with van der Waals surface area (Å²) in [6.07, 6.45) is 0.00160. The van der Waals surface area contributed by atoms with E-state index in [1.54, 1.807) is 48.5 Å². The fourth-order valence-corrected chi connectivity index (χ4v) is 2.80. The number of rotatable bonds is 6. The number of hydrogen-bond donors (Lipinski definition) is 0. The Bertz CT molecular complexity index is 1180. The van der Waals surface area contributed by atoms with Gasteiger partial charge in [0.1, 0.15) is 0 Å². The van der Waals surface area contributed by atoms with E-state index in [2.05, 4.69) is 10.1 Å². The van der Waals surface area contributed by atoms with E-state index in [-0.39, 0.29) is 25.5 Å². The first-order chi connectivity index (χ1) is 13.6. The number of carbonyl (C=O) groups is 1. The van der Waals surface area contributed by atoms with E-state index in [1.165, 1.54) is 4.57 Å². The Hall–Kier alpha value is -3.39. The van der Waals surface area contributed by atoms with Crippen LogP contribution in [-0.2, 0) is 22.7 Å². The minimum Gasteiger partial charge on any atom is -0.456 e. The molecule has 28 heavy (non-hydrogen) atoms. The van der Waals surface area contributed by atoms with Gasteiger partial charge in [-0.1, -0.05) is 28.9 Å². The molecule has 9 heteroatoms. The number of hydrogen-bond acceptors (Lipinski definition) is 7. The Labute approximate surface area is 163 Å². The van der Waals surface area contributed by atoms with E-state index >= 15 is 0 Å². The third kappa shape index (κ3) is 3.81. The summed E-state index contributed by atoms with van der Waals surface area (Å²) in [6, 6.07) is 14.0.